The van der Waals surface area contributed by atoms with E-state index in [1.807, 2.05) is 0 Å². The Balaban J connectivity index is 2.74. The predicted molar refractivity (Wildman–Crippen MR) is 55.4 cm³/mol. The number of rotatable bonds is 5. The summed E-state index contributed by atoms with van der Waals surface area (Å²) in [7, 11) is -2.02. The van der Waals surface area contributed by atoms with Crippen LogP contribution in [-0.4, -0.2) is 35.6 Å². The number of nitrogens with zero attached hydrogens (tertiary/aromatic N) is 2. The smallest absolute Gasteiger partial charge is 0.304 e. The third-order valence-electron chi connectivity index (χ3n) is 1.99. The average Bonchev–Trinajstić information content (AvgIpc) is 2.46. The molecule has 0 spiro atoms. The maximum Gasteiger partial charge on any atom is 0.304 e. The van der Waals surface area contributed by atoms with Gasteiger partial charge in [0.05, 0.1) is 6.42 Å². The van der Waals surface area contributed by atoms with Crippen LogP contribution in [0.3, 0.4) is 0 Å². The Morgan fingerprint density at radius 2 is 2.25 bits per heavy atom. The fraction of sp³-hybridized carbons (Fsp3) is 0.500. The van der Waals surface area contributed by atoms with Gasteiger partial charge in [-0.15, -0.1) is 0 Å². The molecule has 1 rings (SSSR count). The Kier molecular flexibility index (Phi) is 3.66. The summed E-state index contributed by atoms with van der Waals surface area (Å²) in [5.74, 6) is -0.487. The summed E-state index contributed by atoms with van der Waals surface area (Å²) in [4.78, 5) is 14.1. The second kappa shape index (κ2) is 4.62. The molecule has 0 atom stereocenters. The molecule has 16 heavy (non-hydrogen) atoms. The van der Waals surface area contributed by atoms with E-state index >= 15 is 0 Å². The van der Waals surface area contributed by atoms with Crippen LogP contribution in [0.4, 0.5) is 0 Å². The molecule has 1 aromatic heterocycles. The highest BCUT2D eigenvalue weighted by molar-refractivity contribution is 7.89. The van der Waals surface area contributed by atoms with Crippen LogP contribution in [0.5, 0.6) is 0 Å². The van der Waals surface area contributed by atoms with Gasteiger partial charge >= 0.3 is 5.97 Å². The number of nitrogens with one attached hydrogen (secondary N) is 1. The number of aryl methyl sites for hydroxylation is 2. The highest BCUT2D eigenvalue weighted by Crippen LogP contribution is 2.06. The number of carbonyl (C=O) groups is 1. The Morgan fingerprint density at radius 3 is 2.69 bits per heavy atom. The van der Waals surface area contributed by atoms with E-state index in [1.54, 1.807) is 18.5 Å². The molecular weight excluding hydrogens is 234 g/mol. The van der Waals surface area contributed by atoms with Gasteiger partial charge in [0.1, 0.15) is 5.82 Å². The van der Waals surface area contributed by atoms with Crippen molar-refractivity contribution in [2.75, 3.05) is 6.54 Å². The summed E-state index contributed by atoms with van der Waals surface area (Å²) in [6.07, 6.45) is 1.11. The molecule has 0 aromatic carbocycles. The van der Waals surface area contributed by atoms with Crippen molar-refractivity contribution in [3.8, 4) is 0 Å². The lowest BCUT2D eigenvalue weighted by molar-refractivity contribution is -0.136. The van der Waals surface area contributed by atoms with Gasteiger partial charge in [0.25, 0.3) is 10.0 Å². The third kappa shape index (κ3) is 3.04. The highest BCUT2D eigenvalue weighted by atomic mass is 32.2. The van der Waals surface area contributed by atoms with Crippen molar-refractivity contribution in [1.82, 2.24) is 14.3 Å². The Morgan fingerprint density at radius 1 is 1.62 bits per heavy atom. The van der Waals surface area contributed by atoms with Crippen LogP contribution in [0.2, 0.25) is 0 Å². The quantitative estimate of drug-likeness (QED) is 0.729. The van der Waals surface area contributed by atoms with E-state index in [1.165, 1.54) is 6.20 Å². The number of carboxylic acid groups (broad SMARTS) is 1. The van der Waals surface area contributed by atoms with Gasteiger partial charge in [0.2, 0.25) is 0 Å². The summed E-state index contributed by atoms with van der Waals surface area (Å²) in [6, 6.07) is 0. The minimum absolute atomic E-state index is 0.0992. The summed E-state index contributed by atoms with van der Waals surface area (Å²) in [5.41, 5.74) is 0. The normalized spacial score (nSPS) is 11.6. The van der Waals surface area contributed by atoms with Crippen LogP contribution in [0, 0.1) is 6.92 Å². The van der Waals surface area contributed by atoms with Gasteiger partial charge in [0.15, 0.2) is 5.03 Å². The fourth-order valence-corrected chi connectivity index (χ4v) is 2.09. The monoisotopic (exact) mass is 247 g/mol. The molecule has 0 radical (unpaired) electrons. The average molecular weight is 247 g/mol. The first-order chi connectivity index (χ1) is 7.33. The fourth-order valence-electron chi connectivity index (χ4n) is 1.02. The summed E-state index contributed by atoms with van der Waals surface area (Å²) >= 11 is 0. The zero-order valence-corrected chi connectivity index (χ0v) is 9.78. The number of hydrogen-bond acceptors (Lipinski definition) is 4. The van der Waals surface area contributed by atoms with Crippen LogP contribution in [-0.2, 0) is 21.9 Å². The largest absolute Gasteiger partial charge is 0.481 e. The van der Waals surface area contributed by atoms with Crippen LogP contribution in [0.25, 0.3) is 0 Å². The predicted octanol–water partition coefficient (Wildman–Crippen LogP) is -0.518. The maximum absolute atomic E-state index is 11.6. The molecule has 0 fully saturated rings. The van der Waals surface area contributed by atoms with Crippen molar-refractivity contribution in [3.05, 3.63) is 12.0 Å². The number of aromatic nitrogens is 2. The molecular formula is C8H13N3O4S. The highest BCUT2D eigenvalue weighted by Gasteiger charge is 2.18. The van der Waals surface area contributed by atoms with Crippen molar-refractivity contribution < 1.29 is 18.3 Å². The molecule has 0 aliphatic heterocycles. The molecule has 0 amide bonds. The molecule has 0 saturated carbocycles. The lowest BCUT2D eigenvalue weighted by Crippen LogP contribution is -2.26. The number of sulfonamides is 1. The molecule has 7 nitrogen and oxygen atoms in total. The van der Waals surface area contributed by atoms with E-state index in [0.29, 0.717) is 5.82 Å². The van der Waals surface area contributed by atoms with Crippen LogP contribution < -0.4 is 4.72 Å². The molecule has 1 heterocycles. The van der Waals surface area contributed by atoms with Gasteiger partial charge in [-0.25, -0.2) is 18.1 Å². The number of hydrogen-bond donors (Lipinski definition) is 2. The topological polar surface area (TPSA) is 101 Å². The van der Waals surface area contributed by atoms with Crippen molar-refractivity contribution in [1.29, 1.82) is 0 Å². The van der Waals surface area contributed by atoms with Crippen LogP contribution in [0.15, 0.2) is 11.2 Å². The van der Waals surface area contributed by atoms with Crippen molar-refractivity contribution in [2.24, 2.45) is 7.05 Å². The maximum atomic E-state index is 11.6. The van der Waals surface area contributed by atoms with Crippen molar-refractivity contribution in [2.45, 2.75) is 18.4 Å². The van der Waals surface area contributed by atoms with E-state index in [2.05, 4.69) is 9.71 Å². The second-order valence-corrected chi connectivity index (χ2v) is 4.99. The molecule has 0 bridgehead atoms. The molecule has 90 valence electrons. The number of carboxylic acids is 1. The van der Waals surface area contributed by atoms with E-state index in [-0.39, 0.29) is 18.0 Å². The molecule has 0 unspecified atom stereocenters. The summed E-state index contributed by atoms with van der Waals surface area (Å²) in [6.45, 7) is 1.53. The van der Waals surface area contributed by atoms with Crippen LogP contribution >= 0.6 is 0 Å². The van der Waals surface area contributed by atoms with Gasteiger partial charge in [-0.3, -0.25) is 4.79 Å². The molecule has 0 aliphatic carbocycles. The molecule has 0 saturated heterocycles. The van der Waals surface area contributed by atoms with E-state index in [4.69, 9.17) is 5.11 Å². The van der Waals surface area contributed by atoms with E-state index < -0.39 is 16.0 Å². The lowest BCUT2D eigenvalue weighted by atomic mass is 10.5. The third-order valence-corrected chi connectivity index (χ3v) is 3.32. The zero-order valence-electron chi connectivity index (χ0n) is 8.97. The number of imidazole rings is 1. The summed E-state index contributed by atoms with van der Waals surface area (Å²) in [5, 5.41) is 8.28. The SMILES string of the molecule is Cc1nc(S(=O)(=O)NCCC(=O)O)cn1C. The van der Waals surface area contributed by atoms with Crippen LogP contribution in [0.1, 0.15) is 12.2 Å². The van der Waals surface area contributed by atoms with Gasteiger partial charge in [-0.2, -0.15) is 0 Å². The Bertz CT molecular complexity index is 472. The second-order valence-electron chi connectivity index (χ2n) is 3.28. The minimum atomic E-state index is -3.70. The summed E-state index contributed by atoms with van der Waals surface area (Å²) < 4.78 is 26.9. The van der Waals surface area contributed by atoms with E-state index in [9.17, 15) is 13.2 Å². The first-order valence-corrected chi connectivity index (χ1v) is 6.02. The Labute approximate surface area is 93.2 Å². The van der Waals surface area contributed by atoms with Gasteiger partial charge in [-0.1, -0.05) is 0 Å². The number of aliphatic carboxylic acids is 1. The van der Waals surface area contributed by atoms with E-state index in [0.717, 1.165) is 0 Å². The minimum Gasteiger partial charge on any atom is -0.481 e. The first kappa shape index (κ1) is 12.7. The van der Waals surface area contributed by atoms with Crippen molar-refractivity contribution >= 4 is 16.0 Å². The van der Waals surface area contributed by atoms with Crippen molar-refractivity contribution in [3.63, 3.8) is 0 Å². The Hall–Kier alpha value is -1.41. The molecule has 1 aromatic rings. The first-order valence-electron chi connectivity index (χ1n) is 4.54. The zero-order chi connectivity index (χ0) is 12.3. The van der Waals surface area contributed by atoms with Gasteiger partial charge in [-0.05, 0) is 6.92 Å². The molecule has 8 heteroatoms. The standard InChI is InChI=1S/C8H13N3O4S/c1-6-10-7(5-11(6)2)16(14,15)9-4-3-8(12)13/h5,9H,3-4H2,1-2H3,(H,12,13). The molecule has 2 N–H and O–H groups in total. The lowest BCUT2D eigenvalue weighted by Gasteiger charge is -2.01. The van der Waals surface area contributed by atoms with Gasteiger partial charge in [0, 0.05) is 19.8 Å². The van der Waals surface area contributed by atoms with Gasteiger partial charge < -0.3 is 9.67 Å². The molecule has 0 aliphatic rings.